The predicted octanol–water partition coefficient (Wildman–Crippen LogP) is 5.94. The number of aliphatic hydroxyl groups is 1. The quantitative estimate of drug-likeness (QED) is 0.161. The number of carbonyl (C=O) groups is 2. The molecule has 7 nitrogen and oxygen atoms in total. The summed E-state index contributed by atoms with van der Waals surface area (Å²) in [5.74, 6) is -0.981. The van der Waals surface area contributed by atoms with Gasteiger partial charge in [0.05, 0.1) is 17.9 Å². The highest BCUT2D eigenvalue weighted by atomic mass is 35.5. The lowest BCUT2D eigenvalue weighted by Crippen LogP contribution is -2.31. The molecule has 1 aliphatic heterocycles. The van der Waals surface area contributed by atoms with Crippen molar-refractivity contribution in [1.82, 2.24) is 14.5 Å². The molecule has 1 amide bonds. The van der Waals surface area contributed by atoms with E-state index in [1.54, 1.807) is 61.1 Å². The molecule has 2 heterocycles. The molecule has 0 aliphatic carbocycles. The Morgan fingerprint density at radius 3 is 2.54 bits per heavy atom. The number of Topliss-reactive ketones (excluding diaryl/α,β-unsaturated/α-hetero) is 1. The third-order valence-corrected chi connectivity index (χ3v) is 6.93. The molecule has 1 N–H and O–H groups in total. The van der Waals surface area contributed by atoms with Crippen LogP contribution in [-0.2, 0) is 22.7 Å². The summed E-state index contributed by atoms with van der Waals surface area (Å²) in [5, 5.41) is 11.8. The lowest BCUT2D eigenvalue weighted by Gasteiger charge is -2.25. The molecule has 8 heteroatoms. The van der Waals surface area contributed by atoms with E-state index in [1.807, 2.05) is 35.9 Å². The highest BCUT2D eigenvalue weighted by Gasteiger charge is 2.45. The summed E-state index contributed by atoms with van der Waals surface area (Å²) in [6.07, 6.45) is 5.85. The molecule has 39 heavy (non-hydrogen) atoms. The van der Waals surface area contributed by atoms with Crippen molar-refractivity contribution in [2.45, 2.75) is 32.5 Å². The van der Waals surface area contributed by atoms with E-state index in [4.69, 9.17) is 16.3 Å². The number of hydrogen-bond acceptors (Lipinski definition) is 5. The molecule has 1 saturated heterocycles. The molecule has 198 valence electrons. The molecule has 1 aliphatic rings. The number of amides is 1. The molecule has 0 radical (unpaired) electrons. The van der Waals surface area contributed by atoms with Gasteiger partial charge in [-0.25, -0.2) is 4.98 Å². The number of likely N-dealkylation sites (tertiary alicyclic amines) is 1. The second-order valence-corrected chi connectivity index (χ2v) is 9.94. The molecule has 0 bridgehead atoms. The second kappa shape index (κ2) is 11.6. The van der Waals surface area contributed by atoms with Gasteiger partial charge in [-0.3, -0.25) is 9.59 Å². The van der Waals surface area contributed by atoms with Crippen LogP contribution in [0.4, 0.5) is 0 Å². The van der Waals surface area contributed by atoms with Gasteiger partial charge in [0.1, 0.15) is 18.1 Å². The molecule has 4 aromatic rings. The Kier molecular flexibility index (Phi) is 7.79. The van der Waals surface area contributed by atoms with E-state index in [0.29, 0.717) is 48.0 Å². The maximum absolute atomic E-state index is 13.3. The minimum absolute atomic E-state index is 0.0401. The fourth-order valence-corrected chi connectivity index (χ4v) is 5.01. The summed E-state index contributed by atoms with van der Waals surface area (Å²) in [5.41, 5.74) is 3.32. The van der Waals surface area contributed by atoms with Crippen LogP contribution in [0.2, 0.25) is 5.02 Å². The fourth-order valence-electron chi connectivity index (χ4n) is 4.81. The van der Waals surface area contributed by atoms with E-state index in [9.17, 15) is 14.7 Å². The van der Waals surface area contributed by atoms with Crippen LogP contribution in [0.1, 0.15) is 34.7 Å². The number of aromatic nitrogens is 2. The Labute approximate surface area is 231 Å². The zero-order valence-corrected chi connectivity index (χ0v) is 22.2. The number of carbonyl (C=O) groups excluding carboxylic acids is 2. The largest absolute Gasteiger partial charge is 0.507 e. The van der Waals surface area contributed by atoms with Crippen LogP contribution in [0.3, 0.4) is 0 Å². The van der Waals surface area contributed by atoms with Gasteiger partial charge >= 0.3 is 0 Å². The Morgan fingerprint density at radius 1 is 1.03 bits per heavy atom. The van der Waals surface area contributed by atoms with Crippen molar-refractivity contribution >= 4 is 29.1 Å². The molecule has 0 spiro atoms. The maximum Gasteiger partial charge on any atom is 0.295 e. The Bertz CT molecular complexity index is 1510. The smallest absolute Gasteiger partial charge is 0.295 e. The minimum atomic E-state index is -0.760. The molecule has 3 aromatic carbocycles. The van der Waals surface area contributed by atoms with Crippen molar-refractivity contribution in [2.24, 2.45) is 0 Å². The number of aliphatic hydroxyl groups excluding tert-OH is 1. The van der Waals surface area contributed by atoms with Gasteiger partial charge in [-0.2, -0.15) is 0 Å². The average molecular weight is 542 g/mol. The van der Waals surface area contributed by atoms with E-state index >= 15 is 0 Å². The monoisotopic (exact) mass is 541 g/mol. The fraction of sp³-hybridized carbons (Fsp3) is 0.194. The molecule has 0 unspecified atom stereocenters. The number of benzene rings is 3. The van der Waals surface area contributed by atoms with Crippen LogP contribution in [0.15, 0.2) is 97.1 Å². The van der Waals surface area contributed by atoms with Crippen molar-refractivity contribution in [3.05, 3.63) is 124 Å². The van der Waals surface area contributed by atoms with Gasteiger partial charge in [-0.15, -0.1) is 0 Å². The van der Waals surface area contributed by atoms with E-state index in [-0.39, 0.29) is 11.3 Å². The molecule has 5 rings (SSSR count). The van der Waals surface area contributed by atoms with E-state index in [0.717, 1.165) is 11.1 Å². The van der Waals surface area contributed by atoms with Crippen LogP contribution in [0.25, 0.3) is 5.76 Å². The van der Waals surface area contributed by atoms with Crippen molar-refractivity contribution < 1.29 is 19.4 Å². The molecular weight excluding hydrogens is 514 g/mol. The number of halogens is 1. The van der Waals surface area contributed by atoms with E-state index < -0.39 is 17.7 Å². The van der Waals surface area contributed by atoms with Gasteiger partial charge in [0.15, 0.2) is 0 Å². The number of aryl methyl sites for hydroxylation is 2. The number of rotatable bonds is 9. The Hall–Kier alpha value is -4.36. The number of ether oxygens (including phenoxy) is 1. The van der Waals surface area contributed by atoms with Crippen molar-refractivity contribution in [3.63, 3.8) is 0 Å². The van der Waals surface area contributed by atoms with Gasteiger partial charge in [-0.1, -0.05) is 53.6 Å². The molecule has 0 saturated carbocycles. The lowest BCUT2D eigenvalue weighted by atomic mass is 9.95. The third kappa shape index (κ3) is 5.89. The van der Waals surface area contributed by atoms with Gasteiger partial charge in [0.25, 0.3) is 11.7 Å². The third-order valence-electron chi connectivity index (χ3n) is 6.69. The van der Waals surface area contributed by atoms with E-state index in [1.165, 1.54) is 4.90 Å². The minimum Gasteiger partial charge on any atom is -0.507 e. The first kappa shape index (κ1) is 26.3. The van der Waals surface area contributed by atoms with E-state index in [2.05, 4.69) is 11.1 Å². The van der Waals surface area contributed by atoms with Gasteiger partial charge in [-0.05, 0) is 60.9 Å². The van der Waals surface area contributed by atoms with Crippen LogP contribution in [0.5, 0.6) is 5.75 Å². The average Bonchev–Trinajstić information content (AvgIpc) is 3.54. The standard InChI is InChI=1S/C31H28ClN3O4/c1-21-5-2-6-22(17-21)19-39-26-11-9-23(10-12-26)29(36)27-28(24-7-3-8-25(32)18-24)35(31(38)30(27)37)15-4-14-34-16-13-33-20-34/h2-3,5-13,16-18,20,28,36H,4,14-15,19H2,1H3/b29-27+/t28-/m1/s1. The van der Waals surface area contributed by atoms with Gasteiger partial charge in [0, 0.05) is 36.1 Å². The van der Waals surface area contributed by atoms with Crippen LogP contribution < -0.4 is 4.74 Å². The van der Waals surface area contributed by atoms with Crippen molar-refractivity contribution in [2.75, 3.05) is 6.54 Å². The molecule has 1 fully saturated rings. The Balaban J connectivity index is 1.41. The summed E-state index contributed by atoms with van der Waals surface area (Å²) >= 11 is 6.27. The normalized spacial score (nSPS) is 16.6. The number of ketones is 1. The van der Waals surface area contributed by atoms with Gasteiger partial charge < -0.3 is 19.3 Å². The zero-order valence-electron chi connectivity index (χ0n) is 21.5. The first-order valence-corrected chi connectivity index (χ1v) is 13.1. The predicted molar refractivity (Wildman–Crippen MR) is 149 cm³/mol. The number of imidazole rings is 1. The van der Waals surface area contributed by atoms with Crippen LogP contribution >= 0.6 is 11.6 Å². The molecule has 1 atom stereocenters. The van der Waals surface area contributed by atoms with Crippen molar-refractivity contribution in [3.8, 4) is 5.75 Å². The maximum atomic E-state index is 13.3. The highest BCUT2D eigenvalue weighted by Crippen LogP contribution is 2.40. The van der Waals surface area contributed by atoms with Crippen molar-refractivity contribution in [1.29, 1.82) is 0 Å². The zero-order chi connectivity index (χ0) is 27.4. The summed E-state index contributed by atoms with van der Waals surface area (Å²) < 4.78 is 7.80. The highest BCUT2D eigenvalue weighted by molar-refractivity contribution is 6.46. The summed E-state index contributed by atoms with van der Waals surface area (Å²) in [6, 6.07) is 21.2. The van der Waals surface area contributed by atoms with Crippen LogP contribution in [-0.4, -0.2) is 37.8 Å². The SMILES string of the molecule is Cc1cccc(COc2ccc(/C(O)=C3\C(=O)C(=O)N(CCCn4ccnc4)[C@@H]3c3cccc(Cl)c3)cc2)c1. The number of nitrogens with zero attached hydrogens (tertiary/aromatic N) is 3. The number of hydrogen-bond donors (Lipinski definition) is 1. The molecular formula is C31H28ClN3O4. The summed E-state index contributed by atoms with van der Waals surface area (Å²) in [6.45, 7) is 3.39. The van der Waals surface area contributed by atoms with Gasteiger partial charge in [0.2, 0.25) is 0 Å². The van der Waals surface area contributed by atoms with Crippen LogP contribution in [0, 0.1) is 6.92 Å². The topological polar surface area (TPSA) is 84.7 Å². The first-order chi connectivity index (χ1) is 18.9. The summed E-state index contributed by atoms with van der Waals surface area (Å²) in [7, 11) is 0. The first-order valence-electron chi connectivity index (χ1n) is 12.7. The second-order valence-electron chi connectivity index (χ2n) is 9.50. The molecule has 1 aromatic heterocycles. The lowest BCUT2D eigenvalue weighted by molar-refractivity contribution is -0.139. The summed E-state index contributed by atoms with van der Waals surface area (Å²) in [4.78, 5) is 32.0. The Morgan fingerprint density at radius 2 is 1.82 bits per heavy atom.